The van der Waals surface area contributed by atoms with Crippen LogP contribution in [0, 0.1) is 5.82 Å². The monoisotopic (exact) mass is 286 g/mol. The van der Waals surface area contributed by atoms with E-state index in [9.17, 15) is 4.39 Å². The fourth-order valence-electron chi connectivity index (χ4n) is 1.14. The van der Waals surface area contributed by atoms with Gasteiger partial charge in [0.1, 0.15) is 5.82 Å². The summed E-state index contributed by atoms with van der Waals surface area (Å²) >= 11 is 4.77. The van der Waals surface area contributed by atoms with E-state index in [0.29, 0.717) is 10.2 Å². The van der Waals surface area contributed by atoms with Crippen LogP contribution in [0.2, 0.25) is 0 Å². The summed E-state index contributed by atoms with van der Waals surface area (Å²) in [5.74, 6) is 0.457. The van der Waals surface area contributed by atoms with Crippen molar-refractivity contribution in [3.63, 3.8) is 0 Å². The topological polar surface area (TPSA) is 28.7 Å². The Morgan fingerprint density at radius 3 is 3.07 bits per heavy atom. The average molecular weight is 287 g/mol. The number of nitrogens with zero attached hydrogens (tertiary/aromatic N) is 1. The Morgan fingerprint density at radius 2 is 2.33 bits per heavy atom. The second-order valence-electron chi connectivity index (χ2n) is 2.90. The number of halogens is 2. The lowest BCUT2D eigenvalue weighted by Gasteiger charge is -2.03. The largest absolute Gasteiger partial charge is 0.340 e. The molecular formula is C10H8BrFN2S. The number of hydrogen-bond donors (Lipinski definition) is 1. The number of imidazole rings is 1. The van der Waals surface area contributed by atoms with E-state index in [2.05, 4.69) is 25.9 Å². The van der Waals surface area contributed by atoms with E-state index in [0.717, 1.165) is 10.7 Å². The van der Waals surface area contributed by atoms with Gasteiger partial charge in [0.2, 0.25) is 0 Å². The molecule has 78 valence electrons. The number of thioether (sulfide) groups is 1. The van der Waals surface area contributed by atoms with Crippen LogP contribution in [0.25, 0.3) is 0 Å². The molecule has 0 amide bonds. The number of hydrogen-bond acceptors (Lipinski definition) is 2. The van der Waals surface area contributed by atoms with Crippen LogP contribution in [0.4, 0.5) is 4.39 Å². The van der Waals surface area contributed by atoms with E-state index < -0.39 is 0 Å². The van der Waals surface area contributed by atoms with Gasteiger partial charge in [-0.3, -0.25) is 0 Å². The molecule has 0 saturated heterocycles. The SMILES string of the molecule is Fc1cccc(CSc2ncc[nH]2)c1Br. The number of rotatable bonds is 3. The van der Waals surface area contributed by atoms with Crippen LogP contribution >= 0.6 is 27.7 Å². The first-order chi connectivity index (χ1) is 7.27. The van der Waals surface area contributed by atoms with Crippen LogP contribution < -0.4 is 0 Å². The summed E-state index contributed by atoms with van der Waals surface area (Å²) in [5, 5.41) is 0.839. The van der Waals surface area contributed by atoms with Crippen molar-refractivity contribution < 1.29 is 4.39 Å². The second-order valence-corrected chi connectivity index (χ2v) is 4.65. The number of H-pyrrole nitrogens is 1. The van der Waals surface area contributed by atoms with Gasteiger partial charge in [-0.25, -0.2) is 9.37 Å². The predicted molar refractivity (Wildman–Crippen MR) is 62.2 cm³/mol. The molecule has 0 fully saturated rings. The summed E-state index contributed by atoms with van der Waals surface area (Å²) in [7, 11) is 0. The number of aromatic amines is 1. The average Bonchev–Trinajstić information content (AvgIpc) is 2.73. The molecular weight excluding hydrogens is 279 g/mol. The quantitative estimate of drug-likeness (QED) is 0.874. The molecule has 0 radical (unpaired) electrons. The third-order valence-electron chi connectivity index (χ3n) is 1.87. The van der Waals surface area contributed by atoms with Crippen LogP contribution in [0.1, 0.15) is 5.56 Å². The van der Waals surface area contributed by atoms with Gasteiger partial charge in [0, 0.05) is 18.1 Å². The Bertz CT molecular complexity index is 445. The summed E-state index contributed by atoms with van der Waals surface area (Å²) in [6, 6.07) is 5.03. The lowest BCUT2D eigenvalue weighted by atomic mass is 10.2. The van der Waals surface area contributed by atoms with Crippen molar-refractivity contribution in [2.45, 2.75) is 10.9 Å². The highest BCUT2D eigenvalue weighted by Gasteiger charge is 2.05. The molecule has 1 heterocycles. The minimum Gasteiger partial charge on any atom is -0.340 e. The maximum Gasteiger partial charge on any atom is 0.165 e. The molecule has 1 N–H and O–H groups in total. The number of nitrogens with one attached hydrogen (secondary N) is 1. The van der Waals surface area contributed by atoms with Crippen LogP contribution in [-0.4, -0.2) is 9.97 Å². The van der Waals surface area contributed by atoms with Gasteiger partial charge in [0.05, 0.1) is 4.47 Å². The van der Waals surface area contributed by atoms with Crippen LogP contribution in [0.3, 0.4) is 0 Å². The Morgan fingerprint density at radius 1 is 1.47 bits per heavy atom. The van der Waals surface area contributed by atoms with Crippen molar-refractivity contribution in [3.8, 4) is 0 Å². The zero-order chi connectivity index (χ0) is 10.7. The van der Waals surface area contributed by atoms with E-state index in [1.165, 1.54) is 17.8 Å². The smallest absolute Gasteiger partial charge is 0.165 e. The standard InChI is InChI=1S/C10H8BrFN2S/c11-9-7(2-1-3-8(9)12)6-15-10-13-4-5-14-10/h1-5H,6H2,(H,13,14). The van der Waals surface area contributed by atoms with E-state index in [4.69, 9.17) is 0 Å². The molecule has 0 spiro atoms. The van der Waals surface area contributed by atoms with Crippen LogP contribution in [0.15, 0.2) is 40.2 Å². The highest BCUT2D eigenvalue weighted by molar-refractivity contribution is 9.10. The van der Waals surface area contributed by atoms with Crippen molar-refractivity contribution in [2.75, 3.05) is 0 Å². The van der Waals surface area contributed by atoms with E-state index in [1.54, 1.807) is 18.5 Å². The molecule has 0 saturated carbocycles. The Hall–Kier alpha value is -0.810. The zero-order valence-electron chi connectivity index (χ0n) is 7.71. The van der Waals surface area contributed by atoms with Crippen molar-refractivity contribution >= 4 is 27.7 Å². The summed E-state index contributed by atoms with van der Waals surface area (Å²) in [5.41, 5.74) is 0.927. The Kier molecular flexibility index (Phi) is 3.43. The van der Waals surface area contributed by atoms with Crippen LogP contribution in [-0.2, 0) is 5.75 Å². The molecule has 15 heavy (non-hydrogen) atoms. The highest BCUT2D eigenvalue weighted by Crippen LogP contribution is 2.26. The zero-order valence-corrected chi connectivity index (χ0v) is 10.1. The minimum atomic E-state index is -0.229. The van der Waals surface area contributed by atoms with E-state index in [1.807, 2.05) is 6.07 Å². The second kappa shape index (κ2) is 4.81. The van der Waals surface area contributed by atoms with Gasteiger partial charge in [0.15, 0.2) is 5.16 Å². The summed E-state index contributed by atoms with van der Waals surface area (Å²) in [4.78, 5) is 7.07. The van der Waals surface area contributed by atoms with Gasteiger partial charge in [-0.2, -0.15) is 0 Å². The first-order valence-corrected chi connectivity index (χ1v) is 6.10. The third-order valence-corrected chi connectivity index (χ3v) is 3.71. The molecule has 0 bridgehead atoms. The molecule has 0 aliphatic carbocycles. The van der Waals surface area contributed by atoms with Crippen molar-refractivity contribution in [3.05, 3.63) is 46.4 Å². The maximum atomic E-state index is 13.2. The van der Waals surface area contributed by atoms with E-state index in [-0.39, 0.29) is 5.82 Å². The molecule has 0 aliphatic heterocycles. The molecule has 0 atom stereocenters. The Balaban J connectivity index is 2.08. The molecule has 5 heteroatoms. The molecule has 2 rings (SSSR count). The summed E-state index contributed by atoms with van der Waals surface area (Å²) in [6.45, 7) is 0. The maximum absolute atomic E-state index is 13.2. The van der Waals surface area contributed by atoms with E-state index >= 15 is 0 Å². The molecule has 1 aromatic carbocycles. The molecule has 2 nitrogen and oxygen atoms in total. The first-order valence-electron chi connectivity index (χ1n) is 4.32. The highest BCUT2D eigenvalue weighted by atomic mass is 79.9. The molecule has 0 unspecified atom stereocenters. The molecule has 2 aromatic rings. The van der Waals surface area contributed by atoms with Gasteiger partial charge in [-0.15, -0.1) is 0 Å². The fraction of sp³-hybridized carbons (Fsp3) is 0.100. The van der Waals surface area contributed by atoms with Gasteiger partial charge in [-0.1, -0.05) is 23.9 Å². The number of aromatic nitrogens is 2. The first kappa shape index (κ1) is 10.7. The molecule has 1 aromatic heterocycles. The summed E-state index contributed by atoms with van der Waals surface area (Å²) < 4.78 is 13.7. The normalized spacial score (nSPS) is 10.5. The number of benzene rings is 1. The predicted octanol–water partition coefficient (Wildman–Crippen LogP) is 3.60. The van der Waals surface area contributed by atoms with Gasteiger partial charge in [0.25, 0.3) is 0 Å². The Labute approximate surface area is 99.4 Å². The molecule has 0 aliphatic rings. The van der Waals surface area contributed by atoms with Gasteiger partial charge in [-0.05, 0) is 27.6 Å². The fourth-order valence-corrected chi connectivity index (χ4v) is 2.55. The van der Waals surface area contributed by atoms with Crippen LogP contribution in [0.5, 0.6) is 0 Å². The van der Waals surface area contributed by atoms with Gasteiger partial charge < -0.3 is 4.98 Å². The lowest BCUT2D eigenvalue weighted by Crippen LogP contribution is -1.87. The third kappa shape index (κ3) is 2.60. The van der Waals surface area contributed by atoms with Crippen molar-refractivity contribution in [1.82, 2.24) is 9.97 Å². The van der Waals surface area contributed by atoms with Crippen molar-refractivity contribution in [1.29, 1.82) is 0 Å². The van der Waals surface area contributed by atoms with Gasteiger partial charge >= 0.3 is 0 Å². The minimum absolute atomic E-state index is 0.229. The lowest BCUT2D eigenvalue weighted by molar-refractivity contribution is 0.619. The van der Waals surface area contributed by atoms with Crippen molar-refractivity contribution in [2.24, 2.45) is 0 Å². The summed E-state index contributed by atoms with van der Waals surface area (Å²) in [6.07, 6.45) is 3.46.